The Hall–Kier alpha value is -0.640. The Balaban J connectivity index is 2.03. The maximum Gasteiger partial charge on any atom is 0.0306 e. The highest BCUT2D eigenvalue weighted by Gasteiger charge is 2.08. The van der Waals surface area contributed by atoms with Gasteiger partial charge in [-0.25, -0.2) is 0 Å². The third kappa shape index (κ3) is 3.44. The van der Waals surface area contributed by atoms with Crippen molar-refractivity contribution < 1.29 is 0 Å². The third-order valence-electron chi connectivity index (χ3n) is 2.93. The zero-order valence-corrected chi connectivity index (χ0v) is 13.3. The van der Waals surface area contributed by atoms with Crippen LogP contribution in [0.2, 0.25) is 0 Å². The SMILES string of the molecule is C[C@H](NCc1ccccc1Br)c1ccccc1Br. The maximum atomic E-state index is 3.59. The molecule has 0 amide bonds. The van der Waals surface area contributed by atoms with Gasteiger partial charge in [0.05, 0.1) is 0 Å². The molecule has 0 spiro atoms. The van der Waals surface area contributed by atoms with E-state index in [1.807, 2.05) is 12.1 Å². The fraction of sp³-hybridized carbons (Fsp3) is 0.200. The molecule has 0 bridgehead atoms. The molecule has 1 nitrogen and oxygen atoms in total. The van der Waals surface area contributed by atoms with Crippen molar-refractivity contribution in [2.75, 3.05) is 0 Å². The molecule has 18 heavy (non-hydrogen) atoms. The highest BCUT2D eigenvalue weighted by molar-refractivity contribution is 9.10. The lowest BCUT2D eigenvalue weighted by Crippen LogP contribution is -2.18. The summed E-state index contributed by atoms with van der Waals surface area (Å²) in [5, 5.41) is 3.54. The molecule has 2 aromatic carbocycles. The Bertz CT molecular complexity index is 525. The van der Waals surface area contributed by atoms with Crippen LogP contribution in [0.3, 0.4) is 0 Å². The molecule has 2 aromatic rings. The standard InChI is InChI=1S/C15H15Br2N/c1-11(13-7-3-5-9-15(13)17)18-10-12-6-2-4-8-14(12)16/h2-9,11,18H,10H2,1H3/t11-/m0/s1. The average molecular weight is 369 g/mol. The van der Waals surface area contributed by atoms with Gasteiger partial charge in [0.1, 0.15) is 0 Å². The maximum absolute atomic E-state index is 3.59. The highest BCUT2D eigenvalue weighted by atomic mass is 79.9. The van der Waals surface area contributed by atoms with Crippen molar-refractivity contribution in [1.82, 2.24) is 5.32 Å². The number of nitrogens with one attached hydrogen (secondary N) is 1. The molecule has 0 saturated heterocycles. The van der Waals surface area contributed by atoms with Gasteiger partial charge >= 0.3 is 0 Å². The lowest BCUT2D eigenvalue weighted by molar-refractivity contribution is 0.572. The zero-order valence-electron chi connectivity index (χ0n) is 10.2. The van der Waals surface area contributed by atoms with Crippen LogP contribution in [-0.2, 0) is 6.54 Å². The predicted octanol–water partition coefficient (Wildman–Crippen LogP) is 5.06. The van der Waals surface area contributed by atoms with Crippen molar-refractivity contribution >= 4 is 31.9 Å². The summed E-state index contributed by atoms with van der Waals surface area (Å²) in [5.41, 5.74) is 2.56. The van der Waals surface area contributed by atoms with Gasteiger partial charge in [-0.05, 0) is 30.2 Å². The Labute approximate surface area is 125 Å². The van der Waals surface area contributed by atoms with Crippen molar-refractivity contribution in [2.45, 2.75) is 19.5 Å². The first kappa shape index (κ1) is 13.8. The second-order valence-electron chi connectivity index (χ2n) is 4.22. The summed E-state index contributed by atoms with van der Waals surface area (Å²) in [6.45, 7) is 3.03. The lowest BCUT2D eigenvalue weighted by Gasteiger charge is -2.16. The molecule has 2 rings (SSSR count). The smallest absolute Gasteiger partial charge is 0.0306 e. The molecule has 0 saturated carbocycles. The lowest BCUT2D eigenvalue weighted by atomic mass is 10.1. The second-order valence-corrected chi connectivity index (χ2v) is 5.92. The number of benzene rings is 2. The van der Waals surface area contributed by atoms with Crippen molar-refractivity contribution in [1.29, 1.82) is 0 Å². The van der Waals surface area contributed by atoms with Gasteiger partial charge in [-0.1, -0.05) is 68.3 Å². The van der Waals surface area contributed by atoms with E-state index < -0.39 is 0 Å². The van der Waals surface area contributed by atoms with Crippen LogP contribution in [0.4, 0.5) is 0 Å². The first-order valence-electron chi connectivity index (χ1n) is 5.89. The van der Waals surface area contributed by atoms with Crippen molar-refractivity contribution in [3.63, 3.8) is 0 Å². The van der Waals surface area contributed by atoms with Gasteiger partial charge < -0.3 is 5.32 Å². The van der Waals surface area contributed by atoms with Crippen molar-refractivity contribution in [3.05, 3.63) is 68.6 Å². The minimum absolute atomic E-state index is 0.313. The topological polar surface area (TPSA) is 12.0 Å². The molecule has 3 heteroatoms. The summed E-state index contributed by atoms with van der Waals surface area (Å²) in [4.78, 5) is 0. The largest absolute Gasteiger partial charge is 0.306 e. The van der Waals surface area contributed by atoms with E-state index in [1.54, 1.807) is 0 Å². The molecule has 0 aliphatic carbocycles. The summed E-state index contributed by atoms with van der Waals surface area (Å²) < 4.78 is 2.30. The first-order valence-corrected chi connectivity index (χ1v) is 7.48. The van der Waals surface area contributed by atoms with Crippen molar-refractivity contribution in [2.24, 2.45) is 0 Å². The van der Waals surface area contributed by atoms with E-state index in [-0.39, 0.29) is 0 Å². The predicted molar refractivity (Wildman–Crippen MR) is 83.5 cm³/mol. The minimum Gasteiger partial charge on any atom is -0.306 e. The van der Waals surface area contributed by atoms with E-state index >= 15 is 0 Å². The molecular formula is C15H15Br2N. The van der Waals surface area contributed by atoms with Crippen LogP contribution in [0.5, 0.6) is 0 Å². The summed E-state index contributed by atoms with van der Waals surface area (Å²) in [5.74, 6) is 0. The van der Waals surface area contributed by atoms with Crippen LogP contribution >= 0.6 is 31.9 Å². The molecule has 0 aromatic heterocycles. The molecule has 0 unspecified atom stereocenters. The number of halogens is 2. The minimum atomic E-state index is 0.313. The zero-order chi connectivity index (χ0) is 13.0. The Morgan fingerprint density at radius 3 is 2.22 bits per heavy atom. The molecule has 0 radical (unpaired) electrons. The van der Waals surface area contributed by atoms with Gasteiger partial charge in [0.25, 0.3) is 0 Å². The van der Waals surface area contributed by atoms with E-state index in [0.717, 1.165) is 15.5 Å². The number of hydrogen-bond acceptors (Lipinski definition) is 1. The number of rotatable bonds is 4. The Kier molecular flexibility index (Phi) is 4.98. The third-order valence-corrected chi connectivity index (χ3v) is 4.42. The van der Waals surface area contributed by atoms with Crippen LogP contribution < -0.4 is 5.32 Å². The van der Waals surface area contributed by atoms with Gasteiger partial charge in [-0.15, -0.1) is 0 Å². The normalized spacial score (nSPS) is 12.4. The van der Waals surface area contributed by atoms with Gasteiger partial charge in [0, 0.05) is 21.5 Å². The second kappa shape index (κ2) is 6.50. The molecular weight excluding hydrogens is 354 g/mol. The first-order chi connectivity index (χ1) is 8.68. The van der Waals surface area contributed by atoms with Gasteiger partial charge in [-0.3, -0.25) is 0 Å². The van der Waals surface area contributed by atoms with E-state index in [9.17, 15) is 0 Å². The molecule has 0 fully saturated rings. The molecule has 94 valence electrons. The molecule has 0 aliphatic heterocycles. The molecule has 1 N–H and O–H groups in total. The van der Waals surface area contributed by atoms with Gasteiger partial charge in [0.15, 0.2) is 0 Å². The fourth-order valence-corrected chi connectivity index (χ4v) is 2.89. The summed E-state index contributed by atoms with van der Waals surface area (Å²) in [6.07, 6.45) is 0. The molecule has 0 heterocycles. The Morgan fingerprint density at radius 2 is 1.56 bits per heavy atom. The van der Waals surface area contributed by atoms with Crippen LogP contribution in [0.15, 0.2) is 57.5 Å². The summed E-state index contributed by atoms with van der Waals surface area (Å²) >= 11 is 7.16. The van der Waals surface area contributed by atoms with Crippen LogP contribution in [0.25, 0.3) is 0 Å². The van der Waals surface area contributed by atoms with Crippen LogP contribution in [0, 0.1) is 0 Å². The molecule has 1 atom stereocenters. The summed E-state index contributed by atoms with van der Waals surface area (Å²) in [6, 6.07) is 16.9. The Morgan fingerprint density at radius 1 is 0.944 bits per heavy atom. The van der Waals surface area contributed by atoms with Gasteiger partial charge in [-0.2, -0.15) is 0 Å². The van der Waals surface area contributed by atoms with E-state index in [4.69, 9.17) is 0 Å². The fourth-order valence-electron chi connectivity index (χ4n) is 1.84. The number of hydrogen-bond donors (Lipinski definition) is 1. The quantitative estimate of drug-likeness (QED) is 0.794. The summed E-state index contributed by atoms with van der Waals surface area (Å²) in [7, 11) is 0. The average Bonchev–Trinajstić information content (AvgIpc) is 2.38. The van der Waals surface area contributed by atoms with E-state index in [1.165, 1.54) is 11.1 Å². The van der Waals surface area contributed by atoms with Gasteiger partial charge in [0.2, 0.25) is 0 Å². The monoisotopic (exact) mass is 367 g/mol. The highest BCUT2D eigenvalue weighted by Crippen LogP contribution is 2.23. The molecule has 0 aliphatic rings. The van der Waals surface area contributed by atoms with E-state index in [0.29, 0.717) is 6.04 Å². The van der Waals surface area contributed by atoms with Crippen LogP contribution in [0.1, 0.15) is 24.1 Å². The van der Waals surface area contributed by atoms with E-state index in [2.05, 4.69) is 80.5 Å². The van der Waals surface area contributed by atoms with Crippen molar-refractivity contribution in [3.8, 4) is 0 Å². The van der Waals surface area contributed by atoms with Crippen LogP contribution in [-0.4, -0.2) is 0 Å².